The quantitative estimate of drug-likeness (QED) is 0.602. The van der Waals surface area contributed by atoms with Crippen LogP contribution in [-0.4, -0.2) is 23.5 Å². The molecule has 0 aromatic carbocycles. The van der Waals surface area contributed by atoms with Crippen LogP contribution in [0, 0.1) is 19.8 Å². The van der Waals surface area contributed by atoms with Crippen LogP contribution in [0.5, 0.6) is 0 Å². The van der Waals surface area contributed by atoms with E-state index in [1.54, 1.807) is 0 Å². The standard InChI is InChI=1S/C19H22N2O3S/c1-12-11-16(21-18(22)14-8-9-14)25-17(12)19(23)24-10-4-7-15-6-3-5-13(2)20-15/h3,5-6,11,14H,4,7-10H2,1-2H3,(H,21,22). The highest BCUT2D eigenvalue weighted by Gasteiger charge is 2.30. The van der Waals surface area contributed by atoms with Crippen molar-refractivity contribution in [3.8, 4) is 0 Å². The summed E-state index contributed by atoms with van der Waals surface area (Å²) < 4.78 is 5.37. The summed E-state index contributed by atoms with van der Waals surface area (Å²) in [5, 5.41) is 3.59. The zero-order chi connectivity index (χ0) is 17.8. The Bertz CT molecular complexity index is 781. The number of anilines is 1. The van der Waals surface area contributed by atoms with Gasteiger partial charge in [-0.25, -0.2) is 4.79 Å². The van der Waals surface area contributed by atoms with Crippen molar-refractivity contribution in [1.29, 1.82) is 0 Å². The molecule has 3 rings (SSSR count). The van der Waals surface area contributed by atoms with E-state index in [0.717, 1.165) is 42.6 Å². The van der Waals surface area contributed by atoms with E-state index >= 15 is 0 Å². The van der Waals surface area contributed by atoms with E-state index in [-0.39, 0.29) is 17.8 Å². The fourth-order valence-electron chi connectivity index (χ4n) is 2.54. The number of esters is 1. The van der Waals surface area contributed by atoms with Crippen LogP contribution in [0.3, 0.4) is 0 Å². The van der Waals surface area contributed by atoms with Gasteiger partial charge in [0, 0.05) is 17.3 Å². The van der Waals surface area contributed by atoms with E-state index in [0.29, 0.717) is 16.5 Å². The van der Waals surface area contributed by atoms with Gasteiger partial charge >= 0.3 is 5.97 Å². The molecule has 0 spiro atoms. The van der Waals surface area contributed by atoms with Crippen molar-refractivity contribution in [2.24, 2.45) is 5.92 Å². The van der Waals surface area contributed by atoms with Crippen LogP contribution in [0.2, 0.25) is 0 Å². The Morgan fingerprint density at radius 2 is 2.12 bits per heavy atom. The van der Waals surface area contributed by atoms with E-state index in [4.69, 9.17) is 4.74 Å². The zero-order valence-electron chi connectivity index (χ0n) is 14.5. The predicted octanol–water partition coefficient (Wildman–Crippen LogP) is 3.90. The fourth-order valence-corrected chi connectivity index (χ4v) is 3.51. The van der Waals surface area contributed by atoms with Crippen molar-refractivity contribution >= 4 is 28.2 Å². The van der Waals surface area contributed by atoms with E-state index in [1.165, 1.54) is 11.3 Å². The van der Waals surface area contributed by atoms with Gasteiger partial charge in [0.05, 0.1) is 11.6 Å². The second-order valence-corrected chi connectivity index (χ2v) is 7.45. The van der Waals surface area contributed by atoms with E-state index in [9.17, 15) is 9.59 Å². The summed E-state index contributed by atoms with van der Waals surface area (Å²) in [4.78, 5) is 29.0. The number of nitrogens with zero attached hydrogens (tertiary/aromatic N) is 1. The Morgan fingerprint density at radius 1 is 1.32 bits per heavy atom. The molecule has 0 radical (unpaired) electrons. The fraction of sp³-hybridized carbons (Fsp3) is 0.421. The van der Waals surface area contributed by atoms with Gasteiger partial charge < -0.3 is 10.1 Å². The first-order valence-electron chi connectivity index (χ1n) is 8.54. The van der Waals surface area contributed by atoms with Crippen molar-refractivity contribution in [3.63, 3.8) is 0 Å². The van der Waals surface area contributed by atoms with Gasteiger partial charge in [0.25, 0.3) is 0 Å². The van der Waals surface area contributed by atoms with Gasteiger partial charge in [-0.3, -0.25) is 9.78 Å². The van der Waals surface area contributed by atoms with Crippen LogP contribution in [-0.2, 0) is 16.0 Å². The van der Waals surface area contributed by atoms with Crippen molar-refractivity contribution in [1.82, 2.24) is 4.98 Å². The summed E-state index contributed by atoms with van der Waals surface area (Å²) in [6.07, 6.45) is 3.43. The second kappa shape index (κ2) is 7.78. The van der Waals surface area contributed by atoms with E-state index in [2.05, 4.69) is 10.3 Å². The van der Waals surface area contributed by atoms with Gasteiger partial charge in [-0.1, -0.05) is 6.07 Å². The molecule has 1 saturated carbocycles. The molecule has 1 fully saturated rings. The maximum Gasteiger partial charge on any atom is 0.348 e. The van der Waals surface area contributed by atoms with Crippen LogP contribution < -0.4 is 5.32 Å². The molecular formula is C19H22N2O3S. The first-order valence-corrected chi connectivity index (χ1v) is 9.35. The lowest BCUT2D eigenvalue weighted by atomic mass is 10.2. The number of hydrogen-bond acceptors (Lipinski definition) is 5. The SMILES string of the molecule is Cc1cccc(CCCOC(=O)c2sc(NC(=O)C3CC3)cc2C)n1. The average Bonchev–Trinajstić information content (AvgIpc) is 3.36. The smallest absolute Gasteiger partial charge is 0.348 e. The lowest BCUT2D eigenvalue weighted by Crippen LogP contribution is -2.12. The van der Waals surface area contributed by atoms with Crippen molar-refractivity contribution in [2.45, 2.75) is 39.5 Å². The molecule has 0 unspecified atom stereocenters. The van der Waals surface area contributed by atoms with Crippen molar-refractivity contribution < 1.29 is 14.3 Å². The molecule has 2 heterocycles. The highest BCUT2D eigenvalue weighted by molar-refractivity contribution is 7.18. The summed E-state index contributed by atoms with van der Waals surface area (Å²) >= 11 is 1.28. The minimum absolute atomic E-state index is 0.0480. The lowest BCUT2D eigenvalue weighted by molar-refractivity contribution is -0.117. The predicted molar refractivity (Wildman–Crippen MR) is 98.0 cm³/mol. The van der Waals surface area contributed by atoms with Crippen LogP contribution in [0.4, 0.5) is 5.00 Å². The van der Waals surface area contributed by atoms with Crippen molar-refractivity contribution in [2.75, 3.05) is 11.9 Å². The topological polar surface area (TPSA) is 68.3 Å². The van der Waals surface area contributed by atoms with Gasteiger partial charge in [0.1, 0.15) is 4.88 Å². The average molecular weight is 358 g/mol. The van der Waals surface area contributed by atoms with Gasteiger partial charge in [-0.2, -0.15) is 0 Å². The lowest BCUT2D eigenvalue weighted by Gasteiger charge is -2.04. The molecule has 1 amide bonds. The molecule has 132 valence electrons. The number of hydrogen-bond donors (Lipinski definition) is 1. The summed E-state index contributed by atoms with van der Waals surface area (Å²) in [5.41, 5.74) is 2.83. The van der Waals surface area contributed by atoms with E-state index in [1.807, 2.05) is 38.1 Å². The van der Waals surface area contributed by atoms with Crippen LogP contribution in [0.1, 0.15) is 45.9 Å². The Morgan fingerprint density at radius 3 is 2.84 bits per heavy atom. The number of carbonyl (C=O) groups excluding carboxylic acids is 2. The first kappa shape index (κ1) is 17.6. The number of nitrogens with one attached hydrogen (secondary N) is 1. The number of amides is 1. The van der Waals surface area contributed by atoms with Gasteiger partial charge in [0.15, 0.2) is 0 Å². The van der Waals surface area contributed by atoms with Crippen LogP contribution in [0.25, 0.3) is 0 Å². The number of aromatic nitrogens is 1. The van der Waals surface area contributed by atoms with Gasteiger partial charge in [-0.05, 0) is 63.3 Å². The summed E-state index contributed by atoms with van der Waals surface area (Å²) in [7, 11) is 0. The molecule has 1 aliphatic rings. The molecule has 1 N–H and O–H groups in total. The molecule has 2 aromatic rings. The van der Waals surface area contributed by atoms with E-state index < -0.39 is 0 Å². The summed E-state index contributed by atoms with van der Waals surface area (Å²) in [6.45, 7) is 4.18. The zero-order valence-corrected chi connectivity index (χ0v) is 15.3. The number of pyridine rings is 1. The molecule has 0 saturated heterocycles. The van der Waals surface area contributed by atoms with Crippen molar-refractivity contribution in [3.05, 3.63) is 46.1 Å². The van der Waals surface area contributed by atoms with Gasteiger partial charge in [0.2, 0.25) is 5.91 Å². The number of ether oxygens (including phenoxy) is 1. The molecule has 25 heavy (non-hydrogen) atoms. The molecule has 5 nitrogen and oxygen atoms in total. The van der Waals surface area contributed by atoms with Crippen LogP contribution >= 0.6 is 11.3 Å². The molecule has 0 aliphatic heterocycles. The molecule has 1 aliphatic carbocycles. The summed E-state index contributed by atoms with van der Waals surface area (Å²) in [6, 6.07) is 7.75. The number of carbonyl (C=O) groups is 2. The first-order chi connectivity index (χ1) is 12.0. The third-order valence-corrected chi connectivity index (χ3v) is 5.19. The highest BCUT2D eigenvalue weighted by Crippen LogP contribution is 2.33. The second-order valence-electron chi connectivity index (χ2n) is 6.40. The Labute approximate surface area is 151 Å². The highest BCUT2D eigenvalue weighted by atomic mass is 32.1. The Kier molecular flexibility index (Phi) is 5.48. The Balaban J connectivity index is 1.47. The maximum atomic E-state index is 12.2. The summed E-state index contributed by atoms with van der Waals surface area (Å²) in [5.74, 6) is -0.133. The third-order valence-electron chi connectivity index (χ3n) is 4.05. The van der Waals surface area contributed by atoms with Gasteiger partial charge in [-0.15, -0.1) is 11.3 Å². The molecule has 2 aromatic heterocycles. The third kappa shape index (κ3) is 4.89. The maximum absolute atomic E-state index is 12.2. The monoisotopic (exact) mass is 358 g/mol. The Hall–Kier alpha value is -2.21. The molecule has 0 atom stereocenters. The largest absolute Gasteiger partial charge is 0.461 e. The van der Waals surface area contributed by atoms with Crippen LogP contribution in [0.15, 0.2) is 24.3 Å². The molecule has 6 heteroatoms. The number of thiophene rings is 1. The normalized spacial score (nSPS) is 13.5. The number of aryl methyl sites for hydroxylation is 3. The minimum Gasteiger partial charge on any atom is -0.461 e. The number of rotatable bonds is 7. The molecular weight excluding hydrogens is 336 g/mol. The minimum atomic E-state index is -0.327. The molecule has 0 bridgehead atoms.